The van der Waals surface area contributed by atoms with Gasteiger partial charge in [0.2, 0.25) is 5.96 Å². The number of hydrogen-bond acceptors (Lipinski definition) is 3. The summed E-state index contributed by atoms with van der Waals surface area (Å²) >= 11 is 0. The second kappa shape index (κ2) is 7.55. The number of rotatable bonds is 5. The van der Waals surface area contributed by atoms with E-state index in [1.165, 1.54) is 5.56 Å². The molecular weight excluding hydrogens is 228 g/mol. The van der Waals surface area contributed by atoms with Crippen LogP contribution in [-0.2, 0) is 6.54 Å². The zero-order valence-electron chi connectivity index (χ0n) is 11.3. The van der Waals surface area contributed by atoms with Crippen LogP contribution in [0.2, 0.25) is 0 Å². The maximum absolute atomic E-state index is 5.47. The third kappa shape index (κ3) is 4.25. The third-order valence-electron chi connectivity index (χ3n) is 2.55. The second-order valence-electron chi connectivity index (χ2n) is 4.05. The van der Waals surface area contributed by atoms with E-state index < -0.39 is 0 Å². The van der Waals surface area contributed by atoms with Crippen LogP contribution in [0.4, 0.5) is 0 Å². The van der Waals surface area contributed by atoms with Crippen molar-refractivity contribution in [2.45, 2.75) is 19.9 Å². The molecule has 0 fully saturated rings. The van der Waals surface area contributed by atoms with E-state index in [1.807, 2.05) is 36.2 Å². The Kier molecular flexibility index (Phi) is 6.00. The van der Waals surface area contributed by atoms with Crippen LogP contribution in [-0.4, -0.2) is 31.6 Å². The van der Waals surface area contributed by atoms with Crippen LogP contribution in [0.15, 0.2) is 29.3 Å². The van der Waals surface area contributed by atoms with E-state index >= 15 is 0 Å². The Morgan fingerprint density at radius 1 is 1.39 bits per heavy atom. The summed E-state index contributed by atoms with van der Waals surface area (Å²) in [5.41, 5.74) is 3.81. The minimum Gasteiger partial charge on any atom is -0.497 e. The van der Waals surface area contributed by atoms with Crippen molar-refractivity contribution >= 4 is 5.96 Å². The molecule has 18 heavy (non-hydrogen) atoms. The fourth-order valence-electron chi connectivity index (χ4n) is 1.57. The van der Waals surface area contributed by atoms with Crippen LogP contribution in [0.3, 0.4) is 0 Å². The SMILES string of the molecule is CCCN=C(NN)N(C)Cc1ccc(OC)cc1. The van der Waals surface area contributed by atoms with Crippen LogP contribution in [0.5, 0.6) is 5.75 Å². The molecule has 0 saturated heterocycles. The lowest BCUT2D eigenvalue weighted by Crippen LogP contribution is -2.42. The first-order valence-corrected chi connectivity index (χ1v) is 6.06. The number of hydrazine groups is 1. The van der Waals surface area contributed by atoms with Gasteiger partial charge in [-0.1, -0.05) is 19.1 Å². The van der Waals surface area contributed by atoms with Gasteiger partial charge in [0, 0.05) is 20.1 Å². The van der Waals surface area contributed by atoms with E-state index in [2.05, 4.69) is 17.3 Å². The maximum atomic E-state index is 5.47. The first kappa shape index (κ1) is 14.3. The lowest BCUT2D eigenvalue weighted by molar-refractivity contribution is 0.414. The highest BCUT2D eigenvalue weighted by atomic mass is 16.5. The summed E-state index contributed by atoms with van der Waals surface area (Å²) in [6.45, 7) is 3.60. The predicted molar refractivity (Wildman–Crippen MR) is 74.4 cm³/mol. The van der Waals surface area contributed by atoms with E-state index in [0.717, 1.165) is 25.3 Å². The Morgan fingerprint density at radius 3 is 2.56 bits per heavy atom. The molecule has 0 amide bonds. The van der Waals surface area contributed by atoms with Gasteiger partial charge in [-0.25, -0.2) is 5.84 Å². The largest absolute Gasteiger partial charge is 0.497 e. The van der Waals surface area contributed by atoms with Crippen molar-refractivity contribution < 1.29 is 4.74 Å². The summed E-state index contributed by atoms with van der Waals surface area (Å²) in [6.07, 6.45) is 1.00. The van der Waals surface area contributed by atoms with Gasteiger partial charge >= 0.3 is 0 Å². The molecule has 0 radical (unpaired) electrons. The Hall–Kier alpha value is -1.75. The van der Waals surface area contributed by atoms with Gasteiger partial charge in [-0.2, -0.15) is 0 Å². The van der Waals surface area contributed by atoms with E-state index in [0.29, 0.717) is 5.96 Å². The highest BCUT2D eigenvalue weighted by molar-refractivity contribution is 5.79. The number of nitrogens with one attached hydrogen (secondary N) is 1. The first-order chi connectivity index (χ1) is 8.71. The highest BCUT2D eigenvalue weighted by Gasteiger charge is 2.05. The molecule has 0 atom stereocenters. The zero-order valence-corrected chi connectivity index (χ0v) is 11.3. The monoisotopic (exact) mass is 250 g/mol. The Balaban J connectivity index is 2.64. The zero-order chi connectivity index (χ0) is 13.4. The lowest BCUT2D eigenvalue weighted by atomic mass is 10.2. The highest BCUT2D eigenvalue weighted by Crippen LogP contribution is 2.12. The number of nitrogens with two attached hydrogens (primary N) is 1. The van der Waals surface area contributed by atoms with Crippen LogP contribution in [0, 0.1) is 0 Å². The standard InChI is InChI=1S/C13H22N4O/c1-4-9-15-13(16-14)17(2)10-11-5-7-12(18-3)8-6-11/h5-8H,4,9-10,14H2,1-3H3,(H,15,16). The second-order valence-corrected chi connectivity index (χ2v) is 4.05. The van der Waals surface area contributed by atoms with E-state index in [-0.39, 0.29) is 0 Å². The van der Waals surface area contributed by atoms with Crippen LogP contribution in [0.25, 0.3) is 0 Å². The minimum absolute atomic E-state index is 0.702. The Bertz CT molecular complexity index is 375. The van der Waals surface area contributed by atoms with Crippen molar-refractivity contribution in [1.29, 1.82) is 0 Å². The summed E-state index contributed by atoms with van der Waals surface area (Å²) in [4.78, 5) is 6.36. The van der Waals surface area contributed by atoms with E-state index in [1.54, 1.807) is 7.11 Å². The maximum Gasteiger partial charge on any atom is 0.208 e. The molecular formula is C13H22N4O. The molecule has 0 spiro atoms. The number of aliphatic imine (C=N–C) groups is 1. The fraction of sp³-hybridized carbons (Fsp3) is 0.462. The molecule has 3 N–H and O–H groups in total. The molecule has 0 bridgehead atoms. The van der Waals surface area contributed by atoms with Gasteiger partial charge in [-0.3, -0.25) is 10.4 Å². The molecule has 0 heterocycles. The summed E-state index contributed by atoms with van der Waals surface area (Å²) in [7, 11) is 3.62. The molecule has 0 aliphatic heterocycles. The number of benzene rings is 1. The quantitative estimate of drug-likeness (QED) is 0.358. The van der Waals surface area contributed by atoms with Crippen molar-refractivity contribution in [2.75, 3.05) is 20.7 Å². The number of methoxy groups -OCH3 is 1. The van der Waals surface area contributed by atoms with Gasteiger partial charge < -0.3 is 9.64 Å². The Morgan fingerprint density at radius 2 is 2.06 bits per heavy atom. The van der Waals surface area contributed by atoms with Gasteiger partial charge in [-0.05, 0) is 24.1 Å². The molecule has 0 saturated carbocycles. The third-order valence-corrected chi connectivity index (χ3v) is 2.55. The average molecular weight is 250 g/mol. The molecule has 1 aromatic rings. The van der Waals surface area contributed by atoms with Crippen LogP contribution < -0.4 is 16.0 Å². The molecule has 5 nitrogen and oxygen atoms in total. The number of guanidine groups is 1. The molecule has 1 rings (SSSR count). The molecule has 0 unspecified atom stereocenters. The summed E-state index contributed by atoms with van der Waals surface area (Å²) < 4.78 is 5.13. The normalized spacial score (nSPS) is 11.2. The summed E-state index contributed by atoms with van der Waals surface area (Å²) in [5.74, 6) is 7.03. The molecule has 1 aromatic carbocycles. The lowest BCUT2D eigenvalue weighted by Gasteiger charge is -2.20. The molecule has 100 valence electrons. The van der Waals surface area contributed by atoms with Gasteiger partial charge in [-0.15, -0.1) is 0 Å². The van der Waals surface area contributed by atoms with Crippen LogP contribution >= 0.6 is 0 Å². The van der Waals surface area contributed by atoms with Gasteiger partial charge in [0.15, 0.2) is 0 Å². The minimum atomic E-state index is 0.702. The van der Waals surface area contributed by atoms with Crippen molar-refractivity contribution in [2.24, 2.45) is 10.8 Å². The molecule has 5 heteroatoms. The van der Waals surface area contributed by atoms with Crippen molar-refractivity contribution in [3.05, 3.63) is 29.8 Å². The number of nitrogens with zero attached hydrogens (tertiary/aromatic N) is 2. The fourth-order valence-corrected chi connectivity index (χ4v) is 1.57. The van der Waals surface area contributed by atoms with Crippen molar-refractivity contribution in [3.8, 4) is 5.75 Å². The number of hydrogen-bond donors (Lipinski definition) is 2. The molecule has 0 aliphatic carbocycles. The topological polar surface area (TPSA) is 62.9 Å². The van der Waals surface area contributed by atoms with E-state index in [4.69, 9.17) is 10.6 Å². The summed E-state index contributed by atoms with van der Waals surface area (Å²) in [6, 6.07) is 7.95. The van der Waals surface area contributed by atoms with E-state index in [9.17, 15) is 0 Å². The number of ether oxygens (including phenoxy) is 1. The Labute approximate surface area is 109 Å². The van der Waals surface area contributed by atoms with Gasteiger partial charge in [0.1, 0.15) is 5.75 Å². The van der Waals surface area contributed by atoms with Gasteiger partial charge in [0.05, 0.1) is 7.11 Å². The van der Waals surface area contributed by atoms with Crippen molar-refractivity contribution in [3.63, 3.8) is 0 Å². The predicted octanol–water partition coefficient (Wildman–Crippen LogP) is 1.36. The summed E-state index contributed by atoms with van der Waals surface area (Å²) in [5, 5.41) is 0. The van der Waals surface area contributed by atoms with Crippen LogP contribution in [0.1, 0.15) is 18.9 Å². The van der Waals surface area contributed by atoms with Crippen molar-refractivity contribution in [1.82, 2.24) is 10.3 Å². The molecule has 0 aromatic heterocycles. The first-order valence-electron chi connectivity index (χ1n) is 6.06. The molecule has 0 aliphatic rings. The van der Waals surface area contributed by atoms with Gasteiger partial charge in [0.25, 0.3) is 0 Å². The smallest absolute Gasteiger partial charge is 0.208 e. The average Bonchev–Trinajstić information content (AvgIpc) is 2.40.